The van der Waals surface area contributed by atoms with E-state index in [9.17, 15) is 18.4 Å². The van der Waals surface area contributed by atoms with Crippen molar-refractivity contribution in [2.24, 2.45) is 11.7 Å². The summed E-state index contributed by atoms with van der Waals surface area (Å²) in [6.45, 7) is 0. The van der Waals surface area contributed by atoms with Gasteiger partial charge in [-0.15, -0.1) is 0 Å². The molecule has 1 aromatic rings. The van der Waals surface area contributed by atoms with Gasteiger partial charge in [-0.3, -0.25) is 14.5 Å². The fourth-order valence-electron chi connectivity index (χ4n) is 3.50. The Hall–Kier alpha value is -2.49. The number of hydrogen-bond acceptors (Lipinski definition) is 3. The quantitative estimate of drug-likeness (QED) is 0.655. The first-order valence-corrected chi connectivity index (χ1v) is 8.31. The molecular weight excluding hydrogens is 328 g/mol. The van der Waals surface area contributed by atoms with Crippen LogP contribution in [0.3, 0.4) is 0 Å². The predicted molar refractivity (Wildman–Crippen MR) is 87.2 cm³/mol. The molecule has 1 atom stereocenters. The van der Waals surface area contributed by atoms with Crippen LogP contribution >= 0.6 is 0 Å². The lowest BCUT2D eigenvalue weighted by atomic mass is 9.78. The van der Waals surface area contributed by atoms with Gasteiger partial charge in [0.15, 0.2) is 17.8 Å². The first kappa shape index (κ1) is 18.8. The van der Waals surface area contributed by atoms with Gasteiger partial charge in [-0.25, -0.2) is 8.78 Å². The molecule has 1 aliphatic rings. The molecule has 1 aromatic carbocycles. The molecule has 0 aliphatic heterocycles. The van der Waals surface area contributed by atoms with Crippen molar-refractivity contribution in [2.45, 2.75) is 44.4 Å². The Labute approximate surface area is 145 Å². The maximum atomic E-state index is 14.5. The summed E-state index contributed by atoms with van der Waals surface area (Å²) >= 11 is 0. The van der Waals surface area contributed by atoms with Gasteiger partial charge in [-0.05, 0) is 24.5 Å². The Kier molecular flexibility index (Phi) is 6.07. The normalized spacial score (nSPS) is 16.1. The van der Waals surface area contributed by atoms with Crippen molar-refractivity contribution in [3.63, 3.8) is 0 Å². The Balaban J connectivity index is 2.51. The molecule has 1 aliphatic carbocycles. The highest BCUT2D eigenvalue weighted by Gasteiger charge is 2.34. The van der Waals surface area contributed by atoms with E-state index >= 15 is 0 Å². The van der Waals surface area contributed by atoms with E-state index in [1.807, 2.05) is 0 Å². The number of amides is 2. The zero-order valence-corrected chi connectivity index (χ0v) is 14.1. The maximum absolute atomic E-state index is 14.5. The van der Waals surface area contributed by atoms with E-state index in [-0.39, 0.29) is 23.5 Å². The van der Waals surface area contributed by atoms with Gasteiger partial charge in [-0.2, -0.15) is 5.26 Å². The smallest absolute Gasteiger partial charge is 0.249 e. The van der Waals surface area contributed by atoms with E-state index in [1.165, 1.54) is 7.05 Å². The third-order valence-corrected chi connectivity index (χ3v) is 4.82. The predicted octanol–water partition coefficient (Wildman–Crippen LogP) is 3.06. The van der Waals surface area contributed by atoms with Crippen molar-refractivity contribution < 1.29 is 18.4 Å². The molecule has 0 unspecified atom stereocenters. The van der Waals surface area contributed by atoms with Crippen LogP contribution in [0.2, 0.25) is 0 Å². The SMILES string of the molecule is CN(C#N)C(=O)[C@@H](CC1CCCCC1)c1c(C(N)=O)ccc(F)c1F. The molecule has 0 radical (unpaired) electrons. The van der Waals surface area contributed by atoms with Gasteiger partial charge in [0, 0.05) is 18.2 Å². The molecule has 0 bridgehead atoms. The highest BCUT2D eigenvalue weighted by Crippen LogP contribution is 2.36. The lowest BCUT2D eigenvalue weighted by Crippen LogP contribution is -2.32. The molecule has 1 fully saturated rings. The molecule has 5 nitrogen and oxygen atoms in total. The van der Waals surface area contributed by atoms with E-state index in [1.54, 1.807) is 6.19 Å². The topological polar surface area (TPSA) is 87.2 Å². The molecule has 2 rings (SSSR count). The first-order valence-electron chi connectivity index (χ1n) is 8.31. The van der Waals surface area contributed by atoms with Crippen molar-refractivity contribution in [1.82, 2.24) is 4.90 Å². The lowest BCUT2D eigenvalue weighted by Gasteiger charge is -2.28. The summed E-state index contributed by atoms with van der Waals surface area (Å²) in [4.78, 5) is 25.1. The van der Waals surface area contributed by atoms with Crippen LogP contribution in [0, 0.1) is 29.0 Å². The monoisotopic (exact) mass is 349 g/mol. The lowest BCUT2D eigenvalue weighted by molar-refractivity contribution is -0.129. The van der Waals surface area contributed by atoms with Crippen LogP contribution in [-0.2, 0) is 4.79 Å². The van der Waals surface area contributed by atoms with Crippen molar-refractivity contribution in [3.05, 3.63) is 34.9 Å². The number of nitriles is 1. The number of hydrogen-bond donors (Lipinski definition) is 1. The number of benzene rings is 1. The molecule has 0 heterocycles. The molecule has 134 valence electrons. The first-order chi connectivity index (χ1) is 11.9. The molecule has 0 aromatic heterocycles. The summed E-state index contributed by atoms with van der Waals surface area (Å²) < 4.78 is 28.3. The highest BCUT2D eigenvalue weighted by molar-refractivity contribution is 5.97. The molecule has 7 heteroatoms. The molecule has 25 heavy (non-hydrogen) atoms. The molecule has 1 saturated carbocycles. The van der Waals surface area contributed by atoms with Crippen LogP contribution in [0.4, 0.5) is 8.78 Å². The van der Waals surface area contributed by atoms with Gasteiger partial charge >= 0.3 is 0 Å². The molecular formula is C18H21F2N3O2. The van der Waals surface area contributed by atoms with Crippen molar-refractivity contribution >= 4 is 11.8 Å². The third-order valence-electron chi connectivity index (χ3n) is 4.82. The number of primary amides is 1. The van der Waals surface area contributed by atoms with Gasteiger partial charge in [0.05, 0.1) is 5.92 Å². The van der Waals surface area contributed by atoms with Crippen molar-refractivity contribution in [1.29, 1.82) is 5.26 Å². The highest BCUT2D eigenvalue weighted by atomic mass is 19.2. The molecule has 0 spiro atoms. The summed E-state index contributed by atoms with van der Waals surface area (Å²) in [6.07, 6.45) is 6.82. The van der Waals surface area contributed by atoms with Crippen LogP contribution in [-0.4, -0.2) is 23.8 Å². The maximum Gasteiger partial charge on any atom is 0.249 e. The number of likely N-dealkylation sites (N-methyl/N-ethyl adjacent to an activating group) is 1. The minimum atomic E-state index is -1.25. The third kappa shape index (κ3) is 4.13. The van der Waals surface area contributed by atoms with Gasteiger partial charge in [0.1, 0.15) is 0 Å². The number of nitrogens with two attached hydrogens (primary N) is 1. The average Bonchev–Trinajstić information content (AvgIpc) is 2.61. The minimum Gasteiger partial charge on any atom is -0.366 e. The number of halogens is 2. The van der Waals surface area contributed by atoms with Gasteiger partial charge in [-0.1, -0.05) is 32.1 Å². The second-order valence-electron chi connectivity index (χ2n) is 6.48. The van der Waals surface area contributed by atoms with Crippen LogP contribution in [0.5, 0.6) is 0 Å². The van der Waals surface area contributed by atoms with E-state index in [4.69, 9.17) is 11.0 Å². The summed E-state index contributed by atoms with van der Waals surface area (Å²) in [6, 6.07) is 1.90. The van der Waals surface area contributed by atoms with Crippen LogP contribution in [0.1, 0.15) is 60.4 Å². The fourth-order valence-corrected chi connectivity index (χ4v) is 3.50. The molecule has 2 N–H and O–H groups in total. The second-order valence-corrected chi connectivity index (χ2v) is 6.48. The van der Waals surface area contributed by atoms with Crippen molar-refractivity contribution in [2.75, 3.05) is 7.05 Å². The van der Waals surface area contributed by atoms with Crippen LogP contribution in [0.25, 0.3) is 0 Å². The van der Waals surface area contributed by atoms with Gasteiger partial charge in [0.25, 0.3) is 0 Å². The molecule has 0 saturated heterocycles. The number of carbonyl (C=O) groups is 2. The number of carbonyl (C=O) groups excluding carboxylic acids is 2. The van der Waals surface area contributed by atoms with Crippen molar-refractivity contribution in [3.8, 4) is 6.19 Å². The van der Waals surface area contributed by atoms with Crippen LogP contribution < -0.4 is 5.73 Å². The summed E-state index contributed by atoms with van der Waals surface area (Å²) in [5, 5.41) is 9.00. The van der Waals surface area contributed by atoms with Gasteiger partial charge < -0.3 is 5.73 Å². The second kappa shape index (κ2) is 8.06. The Morgan fingerprint density at radius 2 is 1.96 bits per heavy atom. The fraction of sp³-hybridized carbons (Fsp3) is 0.500. The minimum absolute atomic E-state index is 0.151. The van der Waals surface area contributed by atoms with Gasteiger partial charge in [0.2, 0.25) is 11.8 Å². The number of nitrogens with zero attached hydrogens (tertiary/aromatic N) is 2. The number of rotatable bonds is 5. The summed E-state index contributed by atoms with van der Waals surface area (Å²) in [5.41, 5.74) is 4.73. The Morgan fingerprint density at radius 3 is 2.52 bits per heavy atom. The van der Waals surface area contributed by atoms with Crippen LogP contribution in [0.15, 0.2) is 12.1 Å². The largest absolute Gasteiger partial charge is 0.366 e. The Morgan fingerprint density at radius 1 is 1.32 bits per heavy atom. The van der Waals surface area contributed by atoms with E-state index < -0.39 is 29.4 Å². The van der Waals surface area contributed by atoms with E-state index in [0.29, 0.717) is 0 Å². The summed E-state index contributed by atoms with van der Waals surface area (Å²) in [5.74, 6) is -4.97. The summed E-state index contributed by atoms with van der Waals surface area (Å²) in [7, 11) is 1.26. The Bertz CT molecular complexity index is 709. The standard InChI is InChI=1S/C18H21F2N3O2/c1-23(10-21)18(25)13(9-11-5-3-2-4-6-11)15-12(17(22)24)7-8-14(19)16(15)20/h7-8,11,13H,2-6,9H2,1H3,(H2,22,24)/t13-/m0/s1. The molecule has 2 amide bonds. The average molecular weight is 349 g/mol. The zero-order chi connectivity index (χ0) is 18.6. The van der Waals surface area contributed by atoms with E-state index in [2.05, 4.69) is 0 Å². The van der Waals surface area contributed by atoms with E-state index in [0.717, 1.165) is 49.1 Å². The zero-order valence-electron chi connectivity index (χ0n) is 14.1.